The second kappa shape index (κ2) is 8.93. The van der Waals surface area contributed by atoms with Crippen LogP contribution >= 0.6 is 0 Å². The summed E-state index contributed by atoms with van der Waals surface area (Å²) in [6, 6.07) is 0. The average molecular weight is 395 g/mol. The minimum absolute atomic E-state index is 0.0944. The Kier molecular flexibility index (Phi) is 6.79. The maximum Gasteiger partial charge on any atom is 0.320 e. The standard InChI is InChI=1S/C22H34O6/c1-14(26-15-10-6-4-7-11-15)17-18(20(24)28-19(17)23)22(2,3)21(25)27-16-12-8-5-9-13-16/h14-18H,4-13H2,1-3H3. The molecule has 1 saturated heterocycles. The smallest absolute Gasteiger partial charge is 0.320 e. The molecular weight excluding hydrogens is 360 g/mol. The second-order valence-corrected chi connectivity index (χ2v) is 9.23. The number of rotatable bonds is 6. The third-order valence-electron chi connectivity index (χ3n) is 6.68. The van der Waals surface area contributed by atoms with Crippen LogP contribution in [-0.2, 0) is 28.6 Å². The Labute approximate surface area is 167 Å². The molecular formula is C22H34O6. The molecule has 3 atom stereocenters. The van der Waals surface area contributed by atoms with Gasteiger partial charge in [0.2, 0.25) is 0 Å². The number of cyclic esters (lactones) is 2. The lowest BCUT2D eigenvalue weighted by Crippen LogP contribution is -2.45. The Morgan fingerprint density at radius 2 is 1.46 bits per heavy atom. The Morgan fingerprint density at radius 1 is 0.929 bits per heavy atom. The minimum atomic E-state index is -1.14. The van der Waals surface area contributed by atoms with Crippen molar-refractivity contribution >= 4 is 17.9 Å². The number of carbonyl (C=O) groups is 3. The van der Waals surface area contributed by atoms with Crippen LogP contribution in [0.2, 0.25) is 0 Å². The minimum Gasteiger partial charge on any atom is -0.462 e. The topological polar surface area (TPSA) is 78.9 Å². The molecule has 3 fully saturated rings. The van der Waals surface area contributed by atoms with Crippen molar-refractivity contribution in [3.63, 3.8) is 0 Å². The van der Waals surface area contributed by atoms with Gasteiger partial charge >= 0.3 is 17.9 Å². The zero-order chi connectivity index (χ0) is 20.3. The van der Waals surface area contributed by atoms with Crippen LogP contribution in [0.4, 0.5) is 0 Å². The van der Waals surface area contributed by atoms with Gasteiger partial charge in [-0.15, -0.1) is 0 Å². The lowest BCUT2D eigenvalue weighted by atomic mass is 9.71. The molecule has 158 valence electrons. The summed E-state index contributed by atoms with van der Waals surface area (Å²) in [4.78, 5) is 37.9. The maximum atomic E-state index is 12.9. The largest absolute Gasteiger partial charge is 0.462 e. The number of hydrogen-bond donors (Lipinski definition) is 0. The van der Waals surface area contributed by atoms with Gasteiger partial charge in [0, 0.05) is 0 Å². The van der Waals surface area contributed by atoms with Crippen LogP contribution in [-0.4, -0.2) is 36.2 Å². The van der Waals surface area contributed by atoms with Gasteiger partial charge in [-0.3, -0.25) is 14.4 Å². The fraction of sp³-hybridized carbons (Fsp3) is 0.864. The van der Waals surface area contributed by atoms with Gasteiger partial charge in [-0.05, 0) is 59.3 Å². The first kappa shape index (κ1) is 21.3. The normalized spacial score (nSPS) is 28.8. The van der Waals surface area contributed by atoms with Gasteiger partial charge in [0.25, 0.3) is 0 Å². The molecule has 1 heterocycles. The molecule has 0 bridgehead atoms. The fourth-order valence-electron chi connectivity index (χ4n) is 4.92. The van der Waals surface area contributed by atoms with Gasteiger partial charge in [0.15, 0.2) is 0 Å². The maximum absolute atomic E-state index is 12.9. The van der Waals surface area contributed by atoms with Crippen LogP contribution in [0.3, 0.4) is 0 Å². The van der Waals surface area contributed by atoms with Gasteiger partial charge in [0.1, 0.15) is 6.10 Å². The summed E-state index contributed by atoms with van der Waals surface area (Å²) < 4.78 is 16.8. The molecule has 0 aromatic carbocycles. The van der Waals surface area contributed by atoms with Crippen LogP contribution in [0.25, 0.3) is 0 Å². The zero-order valence-electron chi connectivity index (χ0n) is 17.4. The van der Waals surface area contributed by atoms with E-state index in [1.807, 2.05) is 6.92 Å². The summed E-state index contributed by atoms with van der Waals surface area (Å²) in [5.74, 6) is -3.31. The van der Waals surface area contributed by atoms with Crippen molar-refractivity contribution in [3.8, 4) is 0 Å². The third kappa shape index (κ3) is 4.58. The van der Waals surface area contributed by atoms with Gasteiger partial charge in [-0.1, -0.05) is 25.7 Å². The molecule has 0 radical (unpaired) electrons. The lowest BCUT2D eigenvalue weighted by Gasteiger charge is -2.35. The van der Waals surface area contributed by atoms with E-state index in [2.05, 4.69) is 0 Å². The zero-order valence-corrected chi connectivity index (χ0v) is 17.4. The molecule has 3 aliphatic rings. The van der Waals surface area contributed by atoms with Gasteiger partial charge < -0.3 is 14.2 Å². The van der Waals surface area contributed by atoms with E-state index in [-0.39, 0.29) is 12.2 Å². The van der Waals surface area contributed by atoms with E-state index in [0.29, 0.717) is 0 Å². The van der Waals surface area contributed by atoms with Crippen LogP contribution in [0, 0.1) is 17.3 Å². The highest BCUT2D eigenvalue weighted by Crippen LogP contribution is 2.43. The molecule has 0 N–H and O–H groups in total. The fourth-order valence-corrected chi connectivity index (χ4v) is 4.92. The van der Waals surface area contributed by atoms with Gasteiger partial charge in [0.05, 0.1) is 29.5 Å². The number of ether oxygens (including phenoxy) is 3. The number of hydrogen-bond acceptors (Lipinski definition) is 6. The Balaban J connectivity index is 1.71. The molecule has 0 amide bonds. The van der Waals surface area contributed by atoms with Crippen LogP contribution < -0.4 is 0 Å². The average Bonchev–Trinajstić information content (AvgIpc) is 2.98. The van der Waals surface area contributed by atoms with Crippen LogP contribution in [0.1, 0.15) is 85.0 Å². The van der Waals surface area contributed by atoms with Gasteiger partial charge in [-0.25, -0.2) is 0 Å². The highest BCUT2D eigenvalue weighted by molar-refractivity contribution is 6.00. The number of esters is 3. The first-order valence-electron chi connectivity index (χ1n) is 10.9. The molecule has 2 saturated carbocycles. The van der Waals surface area contributed by atoms with E-state index in [0.717, 1.165) is 51.4 Å². The highest BCUT2D eigenvalue weighted by atomic mass is 16.6. The third-order valence-corrected chi connectivity index (χ3v) is 6.68. The van der Waals surface area contributed by atoms with Crippen molar-refractivity contribution in [2.24, 2.45) is 17.3 Å². The summed E-state index contributed by atoms with van der Waals surface area (Å²) in [7, 11) is 0. The molecule has 6 heteroatoms. The molecule has 3 rings (SSSR count). The lowest BCUT2D eigenvalue weighted by molar-refractivity contribution is -0.170. The van der Waals surface area contributed by atoms with E-state index in [1.54, 1.807) is 13.8 Å². The molecule has 0 aromatic rings. The molecule has 1 aliphatic heterocycles. The molecule has 0 aromatic heterocycles. The van der Waals surface area contributed by atoms with Crippen molar-refractivity contribution in [3.05, 3.63) is 0 Å². The van der Waals surface area contributed by atoms with Crippen molar-refractivity contribution in [2.45, 2.75) is 103 Å². The van der Waals surface area contributed by atoms with E-state index in [9.17, 15) is 14.4 Å². The monoisotopic (exact) mass is 394 g/mol. The van der Waals surface area contributed by atoms with E-state index >= 15 is 0 Å². The molecule has 6 nitrogen and oxygen atoms in total. The molecule has 3 unspecified atom stereocenters. The summed E-state index contributed by atoms with van der Waals surface area (Å²) in [6.45, 7) is 5.18. The molecule has 0 spiro atoms. The van der Waals surface area contributed by atoms with Crippen molar-refractivity contribution in [1.82, 2.24) is 0 Å². The number of carbonyl (C=O) groups excluding carboxylic acids is 3. The first-order valence-corrected chi connectivity index (χ1v) is 10.9. The van der Waals surface area contributed by atoms with Crippen molar-refractivity contribution < 1.29 is 28.6 Å². The summed E-state index contributed by atoms with van der Waals surface area (Å²) in [6.07, 6.45) is 9.91. The summed E-state index contributed by atoms with van der Waals surface area (Å²) in [5, 5.41) is 0. The van der Waals surface area contributed by atoms with Crippen LogP contribution in [0.15, 0.2) is 0 Å². The van der Waals surface area contributed by atoms with Crippen molar-refractivity contribution in [1.29, 1.82) is 0 Å². The SMILES string of the molecule is CC(OC1CCCCC1)C1C(=O)OC(=O)C1C(C)(C)C(=O)OC1CCCCC1. The van der Waals surface area contributed by atoms with Crippen molar-refractivity contribution in [2.75, 3.05) is 0 Å². The molecule has 2 aliphatic carbocycles. The second-order valence-electron chi connectivity index (χ2n) is 9.23. The molecule has 28 heavy (non-hydrogen) atoms. The highest BCUT2D eigenvalue weighted by Gasteiger charge is 2.58. The Bertz CT molecular complexity index is 586. The van der Waals surface area contributed by atoms with Gasteiger partial charge in [-0.2, -0.15) is 0 Å². The first-order chi connectivity index (χ1) is 13.3. The predicted molar refractivity (Wildman–Crippen MR) is 102 cm³/mol. The van der Waals surface area contributed by atoms with E-state index in [1.165, 1.54) is 12.8 Å². The summed E-state index contributed by atoms with van der Waals surface area (Å²) in [5.41, 5.74) is -1.14. The summed E-state index contributed by atoms with van der Waals surface area (Å²) >= 11 is 0. The van der Waals surface area contributed by atoms with E-state index < -0.39 is 41.3 Å². The predicted octanol–water partition coefficient (Wildman–Crippen LogP) is 3.94. The van der Waals surface area contributed by atoms with E-state index in [4.69, 9.17) is 14.2 Å². The Hall–Kier alpha value is -1.43. The Morgan fingerprint density at radius 3 is 2.04 bits per heavy atom. The van der Waals surface area contributed by atoms with Crippen LogP contribution in [0.5, 0.6) is 0 Å². The quantitative estimate of drug-likeness (QED) is 0.501.